The van der Waals surface area contributed by atoms with Crippen LogP contribution < -0.4 is 15.4 Å². The van der Waals surface area contributed by atoms with Gasteiger partial charge in [-0.05, 0) is 30.7 Å². The van der Waals surface area contributed by atoms with Crippen LogP contribution in [0.15, 0.2) is 54.9 Å². The normalized spacial score (nSPS) is 10.3. The predicted molar refractivity (Wildman–Crippen MR) is 102 cm³/mol. The lowest BCUT2D eigenvalue weighted by molar-refractivity contribution is 0.102. The molecule has 0 unspecified atom stereocenters. The molecule has 0 aliphatic heterocycles. The van der Waals surface area contributed by atoms with Crippen molar-refractivity contribution in [1.82, 2.24) is 9.97 Å². The molecule has 1 amide bonds. The first kappa shape index (κ1) is 17.7. The van der Waals surface area contributed by atoms with Crippen LogP contribution >= 0.6 is 11.6 Å². The highest BCUT2D eigenvalue weighted by atomic mass is 35.5. The number of hydrogen-bond acceptors (Lipinski definition) is 5. The maximum atomic E-state index is 12.4. The summed E-state index contributed by atoms with van der Waals surface area (Å²) in [5, 5.41) is 6.45. The largest absolute Gasteiger partial charge is 0.495 e. The molecule has 0 spiro atoms. The van der Waals surface area contributed by atoms with E-state index >= 15 is 0 Å². The minimum atomic E-state index is -0.385. The number of methoxy groups -OCH3 is 1. The summed E-state index contributed by atoms with van der Waals surface area (Å²) in [6.45, 7) is 1.85. The Morgan fingerprint density at radius 1 is 1.12 bits per heavy atom. The number of rotatable bonds is 5. The standard InChI is InChI=1S/C19H17ClN4O2/c1-12-8-15(17(26-2)9-14(12)20)24-19(25)16-10-22-18(11-21-16)23-13-6-4-3-5-7-13/h3-11H,1-2H3,(H,22,23)(H,24,25). The Hall–Kier alpha value is -3.12. The van der Waals surface area contributed by atoms with E-state index in [1.54, 1.807) is 12.1 Å². The quantitative estimate of drug-likeness (QED) is 0.696. The van der Waals surface area contributed by atoms with Gasteiger partial charge in [0.1, 0.15) is 17.3 Å². The molecule has 6 nitrogen and oxygen atoms in total. The Bertz CT molecular complexity index is 915. The first-order valence-corrected chi connectivity index (χ1v) is 8.24. The third-order valence-electron chi connectivity index (χ3n) is 3.66. The number of nitrogens with zero attached hydrogens (tertiary/aromatic N) is 2. The molecule has 0 radical (unpaired) electrons. The van der Waals surface area contributed by atoms with Crippen LogP contribution in [0.5, 0.6) is 5.75 Å². The number of aromatic nitrogens is 2. The Labute approximate surface area is 156 Å². The summed E-state index contributed by atoms with van der Waals surface area (Å²) in [6.07, 6.45) is 2.92. The zero-order valence-corrected chi connectivity index (χ0v) is 15.0. The van der Waals surface area contributed by atoms with Gasteiger partial charge in [0.2, 0.25) is 0 Å². The maximum absolute atomic E-state index is 12.4. The lowest BCUT2D eigenvalue weighted by Crippen LogP contribution is -2.15. The van der Waals surface area contributed by atoms with Crippen molar-refractivity contribution in [2.45, 2.75) is 6.92 Å². The predicted octanol–water partition coefficient (Wildman–Crippen LogP) is 4.44. The molecule has 0 saturated carbocycles. The fourth-order valence-corrected chi connectivity index (χ4v) is 2.45. The van der Waals surface area contributed by atoms with Gasteiger partial charge in [-0.3, -0.25) is 4.79 Å². The molecule has 1 aromatic heterocycles. The van der Waals surface area contributed by atoms with Crippen LogP contribution in [0.4, 0.5) is 17.2 Å². The van der Waals surface area contributed by atoms with E-state index in [4.69, 9.17) is 16.3 Å². The number of nitrogens with one attached hydrogen (secondary N) is 2. The Kier molecular flexibility index (Phi) is 5.34. The lowest BCUT2D eigenvalue weighted by Gasteiger charge is -2.12. The van der Waals surface area contributed by atoms with Crippen LogP contribution in [-0.4, -0.2) is 23.0 Å². The fourth-order valence-electron chi connectivity index (χ4n) is 2.30. The van der Waals surface area contributed by atoms with Crippen LogP contribution in [0.2, 0.25) is 5.02 Å². The number of amides is 1. The number of anilines is 3. The van der Waals surface area contributed by atoms with Gasteiger partial charge in [0.25, 0.3) is 5.91 Å². The number of aryl methyl sites for hydroxylation is 1. The summed E-state index contributed by atoms with van der Waals surface area (Å²) < 4.78 is 5.26. The number of carbonyl (C=O) groups is 1. The van der Waals surface area contributed by atoms with Crippen LogP contribution in [0.3, 0.4) is 0 Å². The SMILES string of the molecule is COc1cc(Cl)c(C)cc1NC(=O)c1cnc(Nc2ccccc2)cn1. The first-order valence-electron chi connectivity index (χ1n) is 7.86. The van der Waals surface area contributed by atoms with Crippen LogP contribution in [0.25, 0.3) is 0 Å². The van der Waals surface area contributed by atoms with Gasteiger partial charge < -0.3 is 15.4 Å². The summed E-state index contributed by atoms with van der Waals surface area (Å²) in [5.74, 6) is 0.640. The van der Waals surface area contributed by atoms with Gasteiger partial charge in [0, 0.05) is 16.8 Å². The number of benzene rings is 2. The van der Waals surface area contributed by atoms with Crippen molar-refractivity contribution in [2.75, 3.05) is 17.7 Å². The van der Waals surface area contributed by atoms with E-state index in [9.17, 15) is 4.79 Å². The van der Waals surface area contributed by atoms with E-state index in [1.807, 2.05) is 37.3 Å². The van der Waals surface area contributed by atoms with E-state index < -0.39 is 0 Å². The van der Waals surface area contributed by atoms with Crippen molar-refractivity contribution in [3.05, 3.63) is 71.1 Å². The number of carbonyl (C=O) groups excluding carboxylic acids is 1. The molecule has 2 N–H and O–H groups in total. The second kappa shape index (κ2) is 7.84. The van der Waals surface area contributed by atoms with E-state index in [0.717, 1.165) is 11.3 Å². The Balaban J connectivity index is 1.73. The lowest BCUT2D eigenvalue weighted by atomic mass is 10.2. The highest BCUT2D eigenvalue weighted by molar-refractivity contribution is 6.31. The molecule has 0 atom stereocenters. The number of halogens is 1. The second-order valence-electron chi connectivity index (χ2n) is 5.53. The molecular formula is C19H17ClN4O2. The van der Waals surface area contributed by atoms with Crippen LogP contribution in [0, 0.1) is 6.92 Å². The third-order valence-corrected chi connectivity index (χ3v) is 4.07. The summed E-state index contributed by atoms with van der Waals surface area (Å²) in [7, 11) is 1.51. The number of ether oxygens (including phenoxy) is 1. The molecule has 2 aromatic carbocycles. The van der Waals surface area contributed by atoms with Crippen LogP contribution in [-0.2, 0) is 0 Å². The third kappa shape index (κ3) is 4.10. The molecule has 3 rings (SSSR count). The minimum Gasteiger partial charge on any atom is -0.495 e. The number of para-hydroxylation sites is 1. The molecule has 0 bridgehead atoms. The Morgan fingerprint density at radius 2 is 1.88 bits per heavy atom. The average molecular weight is 369 g/mol. The molecule has 0 fully saturated rings. The molecule has 132 valence electrons. The summed E-state index contributed by atoms with van der Waals surface area (Å²) in [6, 6.07) is 13.0. The molecule has 26 heavy (non-hydrogen) atoms. The van der Waals surface area contributed by atoms with Crippen molar-refractivity contribution in [3.63, 3.8) is 0 Å². The second-order valence-corrected chi connectivity index (χ2v) is 5.94. The van der Waals surface area contributed by atoms with Crippen molar-refractivity contribution in [3.8, 4) is 5.75 Å². The van der Waals surface area contributed by atoms with Gasteiger partial charge in [0.15, 0.2) is 0 Å². The number of hydrogen-bond donors (Lipinski definition) is 2. The zero-order valence-electron chi connectivity index (χ0n) is 14.3. The van der Waals surface area contributed by atoms with Crippen molar-refractivity contribution in [1.29, 1.82) is 0 Å². The molecule has 1 heterocycles. The summed E-state index contributed by atoms with van der Waals surface area (Å²) in [4.78, 5) is 20.8. The average Bonchev–Trinajstić information content (AvgIpc) is 2.66. The zero-order chi connectivity index (χ0) is 18.5. The van der Waals surface area contributed by atoms with Crippen molar-refractivity contribution >= 4 is 34.7 Å². The highest BCUT2D eigenvalue weighted by Gasteiger charge is 2.13. The first-order chi connectivity index (χ1) is 12.6. The smallest absolute Gasteiger partial charge is 0.275 e. The molecule has 7 heteroatoms. The van der Waals surface area contributed by atoms with Gasteiger partial charge in [-0.25, -0.2) is 9.97 Å². The molecule has 0 saturated heterocycles. The van der Waals surface area contributed by atoms with Gasteiger partial charge in [-0.15, -0.1) is 0 Å². The topological polar surface area (TPSA) is 76.1 Å². The van der Waals surface area contributed by atoms with Crippen molar-refractivity contribution < 1.29 is 9.53 Å². The highest BCUT2D eigenvalue weighted by Crippen LogP contribution is 2.31. The Morgan fingerprint density at radius 3 is 2.54 bits per heavy atom. The molecule has 3 aromatic rings. The monoisotopic (exact) mass is 368 g/mol. The van der Waals surface area contributed by atoms with E-state index in [2.05, 4.69) is 20.6 Å². The molecular weight excluding hydrogens is 352 g/mol. The summed E-state index contributed by atoms with van der Waals surface area (Å²) in [5.41, 5.74) is 2.43. The van der Waals surface area contributed by atoms with Crippen molar-refractivity contribution in [2.24, 2.45) is 0 Å². The van der Waals surface area contributed by atoms with Gasteiger partial charge in [-0.1, -0.05) is 29.8 Å². The van der Waals surface area contributed by atoms with Crippen LogP contribution in [0.1, 0.15) is 16.1 Å². The van der Waals surface area contributed by atoms with E-state index in [-0.39, 0.29) is 11.6 Å². The van der Waals surface area contributed by atoms with E-state index in [0.29, 0.717) is 22.3 Å². The molecule has 0 aliphatic rings. The summed E-state index contributed by atoms with van der Waals surface area (Å²) >= 11 is 6.08. The molecule has 0 aliphatic carbocycles. The maximum Gasteiger partial charge on any atom is 0.275 e. The van der Waals surface area contributed by atoms with Gasteiger partial charge in [0.05, 0.1) is 25.2 Å². The minimum absolute atomic E-state index is 0.193. The fraction of sp³-hybridized carbons (Fsp3) is 0.105. The van der Waals surface area contributed by atoms with E-state index in [1.165, 1.54) is 19.5 Å². The van der Waals surface area contributed by atoms with Gasteiger partial charge >= 0.3 is 0 Å². The van der Waals surface area contributed by atoms with Gasteiger partial charge in [-0.2, -0.15) is 0 Å².